The zero-order valence-electron chi connectivity index (χ0n) is 16.5. The molecule has 6 heteroatoms. The molecule has 2 aliphatic rings. The number of carbonyl (C=O) groups excluding carboxylic acids is 2. The molecule has 2 heterocycles. The number of carbonyl (C=O) groups is 2. The molecule has 148 valence electrons. The quantitative estimate of drug-likeness (QED) is 0.539. The van der Waals surface area contributed by atoms with Crippen molar-refractivity contribution in [2.75, 3.05) is 59.4 Å². The Bertz CT molecular complexity index is 606. The monoisotopic (exact) mass is 374 g/mol. The first-order chi connectivity index (χ1) is 13.1. The molecule has 3 N–H and O–H groups in total. The Morgan fingerprint density at radius 2 is 1.63 bits per heavy atom. The first kappa shape index (κ1) is 19.8. The van der Waals surface area contributed by atoms with Gasteiger partial charge in [-0.15, -0.1) is 0 Å². The Morgan fingerprint density at radius 1 is 1.00 bits per heavy atom. The molecule has 0 atom stereocenters. The summed E-state index contributed by atoms with van der Waals surface area (Å²) in [5.41, 5.74) is 1.43. The van der Waals surface area contributed by atoms with Gasteiger partial charge in [0.25, 0.3) is 11.8 Å². The molecule has 0 bridgehead atoms. The number of hydrogen-bond acceptors (Lipinski definition) is 2. The van der Waals surface area contributed by atoms with Crippen LogP contribution in [0.2, 0.25) is 0 Å². The fourth-order valence-corrected chi connectivity index (χ4v) is 4.30. The van der Waals surface area contributed by atoms with E-state index in [9.17, 15) is 9.59 Å². The van der Waals surface area contributed by atoms with Gasteiger partial charge in [-0.3, -0.25) is 9.59 Å². The summed E-state index contributed by atoms with van der Waals surface area (Å²) >= 11 is 0. The predicted molar refractivity (Wildman–Crippen MR) is 105 cm³/mol. The molecule has 0 aliphatic carbocycles. The molecule has 1 aromatic rings. The van der Waals surface area contributed by atoms with E-state index in [0.29, 0.717) is 13.1 Å². The van der Waals surface area contributed by atoms with E-state index in [-0.39, 0.29) is 11.8 Å². The molecule has 0 radical (unpaired) electrons. The first-order valence-electron chi connectivity index (χ1n) is 10.3. The number of piperazine rings is 1. The van der Waals surface area contributed by atoms with Crippen LogP contribution in [0.3, 0.4) is 0 Å². The third-order valence-corrected chi connectivity index (χ3v) is 6.09. The normalized spacial score (nSPS) is 23.8. The molecule has 6 nitrogen and oxygen atoms in total. The summed E-state index contributed by atoms with van der Waals surface area (Å²) in [6.45, 7) is 6.63. The molecule has 1 aromatic carbocycles. The van der Waals surface area contributed by atoms with Crippen LogP contribution in [0.1, 0.15) is 18.4 Å². The lowest BCUT2D eigenvalue weighted by molar-refractivity contribution is -0.900. The summed E-state index contributed by atoms with van der Waals surface area (Å²) in [6, 6.07) is 10.7. The van der Waals surface area contributed by atoms with Crippen molar-refractivity contribution in [1.82, 2.24) is 10.2 Å². The van der Waals surface area contributed by atoms with Gasteiger partial charge in [0, 0.05) is 7.05 Å². The van der Waals surface area contributed by atoms with E-state index in [4.69, 9.17) is 0 Å². The van der Waals surface area contributed by atoms with Gasteiger partial charge in [0.2, 0.25) is 0 Å². The van der Waals surface area contributed by atoms with Gasteiger partial charge in [-0.1, -0.05) is 30.3 Å². The van der Waals surface area contributed by atoms with Crippen molar-refractivity contribution >= 4 is 11.8 Å². The average Bonchev–Trinajstić information content (AvgIpc) is 2.70. The minimum Gasteiger partial charge on any atom is -0.354 e. The molecular formula is C21H34N4O2+2. The molecule has 2 saturated heterocycles. The molecule has 2 aliphatic heterocycles. The fraction of sp³-hybridized carbons (Fsp3) is 0.619. The summed E-state index contributed by atoms with van der Waals surface area (Å²) in [4.78, 5) is 28.8. The van der Waals surface area contributed by atoms with Gasteiger partial charge < -0.3 is 20.0 Å². The van der Waals surface area contributed by atoms with E-state index in [0.717, 1.165) is 51.6 Å². The number of quaternary nitrogens is 2. The summed E-state index contributed by atoms with van der Waals surface area (Å²) in [5, 5.41) is 2.68. The maximum absolute atomic E-state index is 12.6. The van der Waals surface area contributed by atoms with Gasteiger partial charge in [-0.2, -0.15) is 0 Å². The number of rotatable bonds is 6. The fourth-order valence-electron chi connectivity index (χ4n) is 4.30. The molecular weight excluding hydrogens is 340 g/mol. The van der Waals surface area contributed by atoms with E-state index in [1.807, 2.05) is 4.90 Å². The number of likely N-dealkylation sites (tertiary alicyclic amines) is 1. The number of hydrogen-bond donors (Lipinski definition) is 3. The topological polar surface area (TPSA) is 58.3 Å². The van der Waals surface area contributed by atoms with Gasteiger partial charge in [0.1, 0.15) is 0 Å². The standard InChI is InChI=1S/C21H32N4O2/c1-22-20(26)16-24-11-13-25(14-12-24)21(27)17-23-9-7-19(8-10-23)15-18-5-3-2-4-6-18/h2-6,19H,7-17H2,1H3,(H,22,26)/p+2. The van der Waals surface area contributed by atoms with Crippen molar-refractivity contribution in [1.29, 1.82) is 0 Å². The molecule has 2 fully saturated rings. The van der Waals surface area contributed by atoms with Crippen molar-refractivity contribution in [3.63, 3.8) is 0 Å². The maximum atomic E-state index is 12.6. The Balaban J connectivity index is 1.35. The van der Waals surface area contributed by atoms with Crippen LogP contribution in [0.4, 0.5) is 0 Å². The van der Waals surface area contributed by atoms with Crippen LogP contribution in [0.5, 0.6) is 0 Å². The molecule has 27 heavy (non-hydrogen) atoms. The first-order valence-corrected chi connectivity index (χ1v) is 10.3. The van der Waals surface area contributed by atoms with Crippen LogP contribution in [-0.4, -0.2) is 76.1 Å². The highest BCUT2D eigenvalue weighted by Gasteiger charge is 2.29. The second kappa shape index (κ2) is 9.85. The minimum atomic E-state index is 0.0765. The van der Waals surface area contributed by atoms with E-state index < -0.39 is 0 Å². The summed E-state index contributed by atoms with van der Waals surface area (Å²) in [7, 11) is 1.67. The molecule has 0 aromatic heterocycles. The lowest BCUT2D eigenvalue weighted by Crippen LogP contribution is -3.16. The largest absolute Gasteiger partial charge is 0.354 e. The Kier molecular flexibility index (Phi) is 7.24. The summed E-state index contributed by atoms with van der Waals surface area (Å²) in [6.07, 6.45) is 3.58. The number of benzene rings is 1. The summed E-state index contributed by atoms with van der Waals surface area (Å²) in [5.74, 6) is 1.11. The zero-order valence-corrected chi connectivity index (χ0v) is 16.5. The van der Waals surface area contributed by atoms with Crippen LogP contribution in [0.25, 0.3) is 0 Å². The van der Waals surface area contributed by atoms with E-state index in [2.05, 4.69) is 35.6 Å². The van der Waals surface area contributed by atoms with Crippen LogP contribution in [-0.2, 0) is 16.0 Å². The van der Waals surface area contributed by atoms with Crippen molar-refractivity contribution < 1.29 is 19.4 Å². The smallest absolute Gasteiger partial charge is 0.278 e. The van der Waals surface area contributed by atoms with Crippen molar-refractivity contribution in [3.05, 3.63) is 35.9 Å². The number of piperidine rings is 1. The number of nitrogens with zero attached hydrogens (tertiary/aromatic N) is 1. The third-order valence-electron chi connectivity index (χ3n) is 6.09. The van der Waals surface area contributed by atoms with Gasteiger partial charge in [-0.25, -0.2) is 0 Å². The number of nitrogens with one attached hydrogen (secondary N) is 3. The zero-order chi connectivity index (χ0) is 19.1. The lowest BCUT2D eigenvalue weighted by Gasteiger charge is -2.34. The van der Waals surface area contributed by atoms with Crippen LogP contribution >= 0.6 is 0 Å². The highest BCUT2D eigenvalue weighted by Crippen LogP contribution is 2.16. The van der Waals surface area contributed by atoms with Crippen molar-refractivity contribution in [2.24, 2.45) is 5.92 Å². The van der Waals surface area contributed by atoms with Gasteiger partial charge in [-0.05, 0) is 30.7 Å². The lowest BCUT2D eigenvalue weighted by atomic mass is 9.90. The molecule has 0 saturated carbocycles. The summed E-state index contributed by atoms with van der Waals surface area (Å²) < 4.78 is 0. The molecule has 3 rings (SSSR count). The van der Waals surface area contributed by atoms with E-state index in [1.54, 1.807) is 7.05 Å². The highest BCUT2D eigenvalue weighted by molar-refractivity contribution is 5.77. The van der Waals surface area contributed by atoms with E-state index >= 15 is 0 Å². The predicted octanol–water partition coefficient (Wildman–Crippen LogP) is -2.00. The van der Waals surface area contributed by atoms with Crippen LogP contribution < -0.4 is 15.1 Å². The molecule has 0 spiro atoms. The van der Waals surface area contributed by atoms with Crippen LogP contribution in [0.15, 0.2) is 30.3 Å². The second-order valence-corrected chi connectivity index (χ2v) is 8.04. The third kappa shape index (κ3) is 6.04. The van der Waals surface area contributed by atoms with Gasteiger partial charge in [0.15, 0.2) is 13.1 Å². The Hall–Kier alpha value is -1.92. The van der Waals surface area contributed by atoms with Crippen molar-refractivity contribution in [3.8, 4) is 0 Å². The highest BCUT2D eigenvalue weighted by atomic mass is 16.2. The van der Waals surface area contributed by atoms with Crippen molar-refractivity contribution in [2.45, 2.75) is 19.3 Å². The number of likely N-dealkylation sites (N-methyl/N-ethyl adjacent to an activating group) is 1. The Morgan fingerprint density at radius 3 is 2.26 bits per heavy atom. The van der Waals surface area contributed by atoms with Crippen LogP contribution in [0, 0.1) is 5.92 Å². The van der Waals surface area contributed by atoms with Gasteiger partial charge >= 0.3 is 0 Å². The number of amides is 2. The second-order valence-electron chi connectivity index (χ2n) is 8.04. The SMILES string of the molecule is CNC(=O)C[NH+]1CCN(C(=O)C[NH+]2CCC(Cc3ccccc3)CC2)CC1. The minimum absolute atomic E-state index is 0.0765. The maximum Gasteiger partial charge on any atom is 0.278 e. The Labute approximate surface area is 162 Å². The average molecular weight is 375 g/mol. The van der Waals surface area contributed by atoms with Gasteiger partial charge in [0.05, 0.1) is 39.3 Å². The van der Waals surface area contributed by atoms with E-state index in [1.165, 1.54) is 28.2 Å². The molecule has 0 unspecified atom stereocenters. The molecule has 2 amide bonds.